The van der Waals surface area contributed by atoms with Crippen molar-refractivity contribution in [3.63, 3.8) is 0 Å². The van der Waals surface area contributed by atoms with Crippen molar-refractivity contribution in [3.8, 4) is 17.2 Å². The Hall–Kier alpha value is -4.32. The van der Waals surface area contributed by atoms with E-state index in [2.05, 4.69) is 11.4 Å². The van der Waals surface area contributed by atoms with Gasteiger partial charge in [0.15, 0.2) is 5.78 Å². The Balaban J connectivity index is 1.88. The van der Waals surface area contributed by atoms with Gasteiger partial charge in [-0.05, 0) is 61.4 Å². The molecule has 34 heavy (non-hydrogen) atoms. The van der Waals surface area contributed by atoms with Crippen LogP contribution >= 0.6 is 0 Å². The topological polar surface area (TPSA) is 86.3 Å². The number of carbonyl (C=O) groups excluding carboxylic acids is 2. The SMILES string of the molecule is CC(=O)C1=C(C)N(c2cccc(C(F)(F)F)c2)C(=O)NC1c1ccc(C#N)cc1-c1ccoc1. The van der Waals surface area contributed by atoms with Crippen molar-refractivity contribution in [1.29, 1.82) is 5.26 Å². The molecular weight excluding hydrogens is 447 g/mol. The molecule has 9 heteroatoms. The lowest BCUT2D eigenvalue weighted by Crippen LogP contribution is -2.48. The molecule has 3 aromatic rings. The number of nitrogens with zero attached hydrogens (tertiary/aromatic N) is 2. The normalized spacial score (nSPS) is 16.3. The summed E-state index contributed by atoms with van der Waals surface area (Å²) in [5.41, 5.74) is 1.64. The molecule has 2 amide bonds. The number of hydrogen-bond acceptors (Lipinski definition) is 4. The second-order valence-electron chi connectivity index (χ2n) is 7.75. The molecule has 4 rings (SSSR count). The van der Waals surface area contributed by atoms with E-state index in [0.29, 0.717) is 22.3 Å². The molecule has 1 atom stereocenters. The number of amides is 2. The third-order valence-corrected chi connectivity index (χ3v) is 5.62. The Labute approximate surface area is 192 Å². The van der Waals surface area contributed by atoms with Crippen molar-refractivity contribution in [3.05, 3.63) is 89.0 Å². The fraction of sp³-hybridized carbons (Fsp3) is 0.160. The van der Waals surface area contributed by atoms with Crippen LogP contribution in [-0.2, 0) is 11.0 Å². The Morgan fingerprint density at radius 1 is 1.18 bits per heavy atom. The molecule has 0 radical (unpaired) electrons. The smallest absolute Gasteiger partial charge is 0.416 e. The van der Waals surface area contributed by atoms with Gasteiger partial charge in [-0.2, -0.15) is 18.4 Å². The van der Waals surface area contributed by atoms with Crippen LogP contribution in [0.25, 0.3) is 11.1 Å². The summed E-state index contributed by atoms with van der Waals surface area (Å²) in [6.07, 6.45) is -1.66. The average Bonchev–Trinajstić information content (AvgIpc) is 3.32. The molecule has 1 unspecified atom stereocenters. The number of benzene rings is 2. The third kappa shape index (κ3) is 4.06. The zero-order valence-electron chi connectivity index (χ0n) is 18.1. The highest BCUT2D eigenvalue weighted by Crippen LogP contribution is 2.39. The first-order valence-corrected chi connectivity index (χ1v) is 10.2. The summed E-state index contributed by atoms with van der Waals surface area (Å²) in [6.45, 7) is 2.85. The quantitative estimate of drug-likeness (QED) is 0.514. The molecule has 0 spiro atoms. The fourth-order valence-electron chi connectivity index (χ4n) is 4.11. The number of hydrogen-bond donors (Lipinski definition) is 1. The van der Waals surface area contributed by atoms with E-state index in [1.165, 1.54) is 38.5 Å². The second-order valence-corrected chi connectivity index (χ2v) is 7.75. The predicted molar refractivity (Wildman–Crippen MR) is 117 cm³/mol. The number of urea groups is 1. The Bertz CT molecular complexity index is 1350. The van der Waals surface area contributed by atoms with E-state index in [1.54, 1.807) is 24.3 Å². The first-order valence-electron chi connectivity index (χ1n) is 10.2. The van der Waals surface area contributed by atoms with E-state index in [4.69, 9.17) is 4.42 Å². The van der Waals surface area contributed by atoms with Crippen LogP contribution in [0.4, 0.5) is 23.7 Å². The van der Waals surface area contributed by atoms with E-state index < -0.39 is 23.8 Å². The summed E-state index contributed by atoms with van der Waals surface area (Å²) in [4.78, 5) is 27.0. The fourth-order valence-corrected chi connectivity index (χ4v) is 4.11. The molecule has 0 saturated heterocycles. The van der Waals surface area contributed by atoms with Gasteiger partial charge < -0.3 is 9.73 Å². The number of carbonyl (C=O) groups is 2. The molecule has 0 fully saturated rings. The number of anilines is 1. The van der Waals surface area contributed by atoms with E-state index >= 15 is 0 Å². The molecular formula is C25H18F3N3O3. The van der Waals surface area contributed by atoms with Crippen LogP contribution in [0.1, 0.15) is 36.6 Å². The number of alkyl halides is 3. The average molecular weight is 465 g/mol. The van der Waals surface area contributed by atoms with Crippen molar-refractivity contribution >= 4 is 17.5 Å². The number of rotatable bonds is 4. The predicted octanol–water partition coefficient (Wildman–Crippen LogP) is 5.97. The van der Waals surface area contributed by atoms with Crippen molar-refractivity contribution in [2.45, 2.75) is 26.1 Å². The Morgan fingerprint density at radius 2 is 1.94 bits per heavy atom. The van der Waals surface area contributed by atoms with Crippen LogP contribution in [0.15, 0.2) is 76.7 Å². The molecule has 1 aromatic heterocycles. The number of Topliss-reactive ketones (excluding diaryl/α,β-unsaturated/α-hetero) is 1. The highest BCUT2D eigenvalue weighted by atomic mass is 19.4. The van der Waals surface area contributed by atoms with Gasteiger partial charge in [0.05, 0.1) is 41.5 Å². The van der Waals surface area contributed by atoms with Crippen LogP contribution < -0.4 is 10.2 Å². The van der Waals surface area contributed by atoms with E-state index in [-0.39, 0.29) is 22.7 Å². The van der Waals surface area contributed by atoms with Gasteiger partial charge in [0.25, 0.3) is 0 Å². The van der Waals surface area contributed by atoms with Crippen LogP contribution in [0.3, 0.4) is 0 Å². The molecule has 172 valence electrons. The Kier molecular flexibility index (Phi) is 5.75. The van der Waals surface area contributed by atoms with Crippen LogP contribution in [0.2, 0.25) is 0 Å². The van der Waals surface area contributed by atoms with Crippen LogP contribution in [-0.4, -0.2) is 11.8 Å². The van der Waals surface area contributed by atoms with Gasteiger partial charge in [0.2, 0.25) is 0 Å². The minimum atomic E-state index is -4.59. The van der Waals surface area contributed by atoms with Gasteiger partial charge in [0, 0.05) is 16.8 Å². The lowest BCUT2D eigenvalue weighted by atomic mass is 9.87. The van der Waals surface area contributed by atoms with Gasteiger partial charge in [-0.1, -0.05) is 12.1 Å². The zero-order valence-corrected chi connectivity index (χ0v) is 18.1. The molecule has 2 aromatic carbocycles. The maximum absolute atomic E-state index is 13.2. The molecule has 1 aliphatic heterocycles. The summed E-state index contributed by atoms with van der Waals surface area (Å²) in [5.74, 6) is -0.359. The highest BCUT2D eigenvalue weighted by molar-refractivity contribution is 6.05. The van der Waals surface area contributed by atoms with Gasteiger partial charge in [-0.25, -0.2) is 4.79 Å². The lowest BCUT2D eigenvalue weighted by molar-refractivity contribution is -0.137. The molecule has 1 aliphatic rings. The maximum atomic E-state index is 13.2. The maximum Gasteiger partial charge on any atom is 0.416 e. The summed E-state index contributed by atoms with van der Waals surface area (Å²) < 4.78 is 44.9. The summed E-state index contributed by atoms with van der Waals surface area (Å²) in [6, 6.07) is 11.3. The van der Waals surface area contributed by atoms with Crippen molar-refractivity contribution < 1.29 is 27.2 Å². The lowest BCUT2D eigenvalue weighted by Gasteiger charge is -2.36. The summed E-state index contributed by atoms with van der Waals surface area (Å²) >= 11 is 0. The van der Waals surface area contributed by atoms with E-state index in [1.807, 2.05) is 0 Å². The number of halogens is 3. The highest BCUT2D eigenvalue weighted by Gasteiger charge is 2.37. The molecule has 1 N–H and O–H groups in total. The molecule has 0 bridgehead atoms. The van der Waals surface area contributed by atoms with Crippen molar-refractivity contribution in [2.24, 2.45) is 0 Å². The number of ketones is 1. The number of nitriles is 1. The first kappa shape index (κ1) is 22.9. The molecule has 2 heterocycles. The van der Waals surface area contributed by atoms with Gasteiger partial charge >= 0.3 is 12.2 Å². The largest absolute Gasteiger partial charge is 0.472 e. The number of nitrogens with one attached hydrogen (secondary N) is 1. The van der Waals surface area contributed by atoms with E-state index in [9.17, 15) is 28.0 Å². The zero-order chi connectivity index (χ0) is 24.6. The van der Waals surface area contributed by atoms with Gasteiger partial charge in [0.1, 0.15) is 0 Å². The standard InChI is InChI=1S/C25H18F3N3O3/c1-14-22(15(2)32)23(20-7-6-16(12-29)10-21(20)17-8-9-34-13-17)30-24(33)31(14)19-5-3-4-18(11-19)25(26,27)28/h3-11,13,23H,1-2H3,(H,30,33). The molecule has 6 nitrogen and oxygen atoms in total. The third-order valence-electron chi connectivity index (χ3n) is 5.62. The minimum absolute atomic E-state index is 0.0167. The van der Waals surface area contributed by atoms with Crippen molar-refractivity contribution in [1.82, 2.24) is 5.32 Å². The summed E-state index contributed by atoms with van der Waals surface area (Å²) in [7, 11) is 0. The number of allylic oxidation sites excluding steroid dienone is 1. The molecule has 0 aliphatic carbocycles. The Morgan fingerprint density at radius 3 is 2.56 bits per heavy atom. The molecule has 0 saturated carbocycles. The first-order chi connectivity index (χ1) is 16.1. The van der Waals surface area contributed by atoms with Gasteiger partial charge in [-0.3, -0.25) is 9.69 Å². The minimum Gasteiger partial charge on any atom is -0.472 e. The number of furan rings is 1. The van der Waals surface area contributed by atoms with E-state index in [0.717, 1.165) is 17.0 Å². The van der Waals surface area contributed by atoms with Crippen LogP contribution in [0, 0.1) is 11.3 Å². The van der Waals surface area contributed by atoms with Gasteiger partial charge in [-0.15, -0.1) is 0 Å². The monoisotopic (exact) mass is 465 g/mol. The van der Waals surface area contributed by atoms with Crippen LogP contribution in [0.5, 0.6) is 0 Å². The summed E-state index contributed by atoms with van der Waals surface area (Å²) in [5, 5.41) is 12.1. The second kappa shape index (κ2) is 8.56. The van der Waals surface area contributed by atoms with Crippen molar-refractivity contribution in [2.75, 3.05) is 4.90 Å².